The first-order chi connectivity index (χ1) is 34.3. The van der Waals surface area contributed by atoms with E-state index in [9.17, 15) is 19.0 Å². The van der Waals surface area contributed by atoms with Gasteiger partial charge in [0.15, 0.2) is 6.10 Å². The molecule has 408 valence electrons. The number of allylic oxidation sites excluding steroid dienone is 13. The Morgan fingerprint density at radius 1 is 0.676 bits per heavy atom. The molecule has 0 radical (unpaired) electrons. The zero-order valence-corrected chi connectivity index (χ0v) is 47.5. The summed E-state index contributed by atoms with van der Waals surface area (Å²) in [4.78, 5) is 36.0. The lowest BCUT2D eigenvalue weighted by atomic mass is 9.72. The monoisotopic (exact) mass is 1010 g/mol. The minimum absolute atomic E-state index is 0.0671. The van der Waals surface area contributed by atoms with Gasteiger partial charge in [0, 0.05) is 25.9 Å². The minimum Gasteiger partial charge on any atom is -0.462 e. The Bertz CT molecular complexity index is 1640. The number of rotatable bonds is 46. The lowest BCUT2D eigenvalue weighted by Gasteiger charge is -2.32. The fraction of sp³-hybridized carbons (Fsp3) is 0.738. The number of esters is 2. The quantitative estimate of drug-likeness (QED) is 0.0202. The first-order valence-electron chi connectivity index (χ1n) is 28.7. The number of ether oxygens (including phenoxy) is 2. The van der Waals surface area contributed by atoms with Crippen LogP contribution in [-0.2, 0) is 32.7 Å². The summed E-state index contributed by atoms with van der Waals surface area (Å²) in [6.45, 7) is 15.7. The van der Waals surface area contributed by atoms with Gasteiger partial charge in [-0.3, -0.25) is 18.6 Å². The highest BCUT2D eigenvalue weighted by Crippen LogP contribution is 2.43. The van der Waals surface area contributed by atoms with E-state index in [1.165, 1.54) is 126 Å². The largest absolute Gasteiger partial charge is 0.472 e. The molecule has 9 nitrogen and oxygen atoms in total. The average molecular weight is 1010 g/mol. The van der Waals surface area contributed by atoms with Crippen LogP contribution < -0.4 is 5.32 Å². The third-order valence-corrected chi connectivity index (χ3v) is 14.3. The Labute approximate surface area is 435 Å². The summed E-state index contributed by atoms with van der Waals surface area (Å²) in [5.41, 5.74) is 5.44. The van der Waals surface area contributed by atoms with Crippen LogP contribution in [0.5, 0.6) is 0 Å². The molecule has 0 saturated carbocycles. The summed E-state index contributed by atoms with van der Waals surface area (Å²) in [6.07, 6.45) is 55.4. The summed E-state index contributed by atoms with van der Waals surface area (Å²) < 4.78 is 34.4. The average Bonchev–Trinajstić information content (AvgIpc) is 3.33. The molecule has 0 heterocycles. The van der Waals surface area contributed by atoms with E-state index >= 15 is 0 Å². The Morgan fingerprint density at radius 3 is 1.72 bits per heavy atom. The van der Waals surface area contributed by atoms with Crippen LogP contribution in [0.15, 0.2) is 83.1 Å². The van der Waals surface area contributed by atoms with Crippen molar-refractivity contribution in [3.05, 3.63) is 83.1 Å². The molecule has 71 heavy (non-hydrogen) atoms. The summed E-state index contributed by atoms with van der Waals surface area (Å²) in [6, 6.07) is 0. The van der Waals surface area contributed by atoms with Gasteiger partial charge in [0.2, 0.25) is 0 Å². The number of phosphoric acid groups is 1. The Hall–Kier alpha value is -2.81. The van der Waals surface area contributed by atoms with E-state index in [0.717, 1.165) is 76.2 Å². The van der Waals surface area contributed by atoms with E-state index in [1.807, 2.05) is 19.1 Å². The van der Waals surface area contributed by atoms with Crippen LogP contribution in [0.1, 0.15) is 248 Å². The van der Waals surface area contributed by atoms with E-state index in [1.54, 1.807) is 0 Å². The molecule has 2 N–H and O–H groups in total. The van der Waals surface area contributed by atoms with Gasteiger partial charge in [-0.05, 0) is 115 Å². The Balaban J connectivity index is 2.50. The second-order valence-electron chi connectivity index (χ2n) is 20.7. The molecule has 0 fully saturated rings. The van der Waals surface area contributed by atoms with Crippen molar-refractivity contribution in [3.8, 4) is 0 Å². The second kappa shape index (κ2) is 44.7. The molecule has 0 aromatic rings. The van der Waals surface area contributed by atoms with Crippen molar-refractivity contribution >= 4 is 19.8 Å². The molecule has 1 aliphatic rings. The molecule has 0 spiro atoms. The van der Waals surface area contributed by atoms with Crippen molar-refractivity contribution in [2.45, 2.75) is 254 Å². The van der Waals surface area contributed by atoms with Crippen molar-refractivity contribution in [3.63, 3.8) is 0 Å². The van der Waals surface area contributed by atoms with Crippen LogP contribution in [0, 0.1) is 5.41 Å². The maximum atomic E-state index is 12.9. The molecule has 1 rings (SSSR count). The van der Waals surface area contributed by atoms with Gasteiger partial charge in [0.25, 0.3) is 0 Å². The lowest BCUT2D eigenvalue weighted by molar-refractivity contribution is -0.161. The predicted molar refractivity (Wildman–Crippen MR) is 300 cm³/mol. The zero-order valence-electron chi connectivity index (χ0n) is 46.6. The molecule has 0 aromatic heterocycles. The van der Waals surface area contributed by atoms with Gasteiger partial charge >= 0.3 is 19.8 Å². The highest BCUT2D eigenvalue weighted by atomic mass is 31.2. The molecule has 0 bridgehead atoms. The smallest absolute Gasteiger partial charge is 0.462 e. The summed E-state index contributed by atoms with van der Waals surface area (Å²) in [7, 11) is -4.48. The van der Waals surface area contributed by atoms with Gasteiger partial charge in [-0.1, -0.05) is 208 Å². The molecular formula is C61H106NO8P. The van der Waals surface area contributed by atoms with Crippen LogP contribution in [0.2, 0.25) is 0 Å². The Kier molecular flexibility index (Phi) is 41.6. The minimum atomic E-state index is -4.48. The number of nitrogens with one attached hydrogen (secondary N) is 1. The van der Waals surface area contributed by atoms with Gasteiger partial charge in [-0.15, -0.1) is 0 Å². The van der Waals surface area contributed by atoms with Gasteiger partial charge in [0.05, 0.1) is 13.2 Å². The van der Waals surface area contributed by atoms with E-state index in [-0.39, 0.29) is 37.4 Å². The van der Waals surface area contributed by atoms with E-state index in [0.29, 0.717) is 19.5 Å². The van der Waals surface area contributed by atoms with Crippen molar-refractivity contribution in [1.29, 1.82) is 0 Å². The number of carbonyl (C=O) groups is 2. The van der Waals surface area contributed by atoms with Gasteiger partial charge in [-0.2, -0.15) is 0 Å². The molecule has 2 atom stereocenters. The second-order valence-corrected chi connectivity index (χ2v) is 22.2. The summed E-state index contributed by atoms with van der Waals surface area (Å²) >= 11 is 0. The third kappa shape index (κ3) is 40.3. The van der Waals surface area contributed by atoms with Crippen molar-refractivity contribution in [2.75, 3.05) is 32.9 Å². The molecule has 1 unspecified atom stereocenters. The number of carbonyl (C=O) groups excluding carboxylic acids is 2. The van der Waals surface area contributed by atoms with Crippen molar-refractivity contribution < 1.29 is 37.6 Å². The van der Waals surface area contributed by atoms with Crippen molar-refractivity contribution in [2.24, 2.45) is 5.41 Å². The van der Waals surface area contributed by atoms with Gasteiger partial charge < -0.3 is 19.7 Å². The highest BCUT2D eigenvalue weighted by Gasteiger charge is 2.27. The zero-order chi connectivity index (χ0) is 52.1. The first-order valence-corrected chi connectivity index (χ1v) is 30.2. The first kappa shape index (κ1) is 66.2. The summed E-state index contributed by atoms with van der Waals surface area (Å²) in [5.74, 6) is -0.837. The maximum Gasteiger partial charge on any atom is 0.472 e. The van der Waals surface area contributed by atoms with Crippen LogP contribution in [0.25, 0.3) is 0 Å². The number of hydrogen-bond donors (Lipinski definition) is 2. The molecule has 0 aromatic carbocycles. The fourth-order valence-corrected chi connectivity index (χ4v) is 9.53. The number of phosphoric ester groups is 1. The highest BCUT2D eigenvalue weighted by molar-refractivity contribution is 7.47. The topological polar surface area (TPSA) is 120 Å². The fourth-order valence-electron chi connectivity index (χ4n) is 8.78. The SMILES string of the molecule is CCCCCCCC/C=C\CCCCCCCC(=O)O[C@@H](COC(=O)CCCCCCC/C=C/CCCCCCCC)COP(=O)(O)OCCNC\C=C(C)/C=C/C=C(C)\C=C/C1=C(C)CCCC1(C)C. The van der Waals surface area contributed by atoms with E-state index in [4.69, 9.17) is 18.5 Å². The molecule has 0 amide bonds. The standard InChI is InChI=1S/C61H106NO8P/c1-8-10-12-14-16-18-20-22-24-26-28-30-32-34-36-43-59(63)67-52-57(70-60(64)44-37-35-33-31-29-27-25-23-21-19-17-15-13-11-9-2)53-69-71(65,66)68-51-50-62-49-47-55(4)41-38-40-54(3)45-46-58-56(5)42-39-48-61(58,6)7/h22-25,38,40-41,45-47,57,62H,8-21,26-37,39,42-44,48-53H2,1-7H3,(H,65,66)/b24-22+,25-23-,41-38+,46-45-,54-40-,55-47-/t57-/m0/s1. The third-order valence-electron chi connectivity index (χ3n) is 13.3. The van der Waals surface area contributed by atoms with Gasteiger partial charge in [0.1, 0.15) is 6.61 Å². The van der Waals surface area contributed by atoms with Gasteiger partial charge in [-0.25, -0.2) is 4.57 Å². The lowest BCUT2D eigenvalue weighted by Crippen LogP contribution is -2.29. The van der Waals surface area contributed by atoms with Crippen LogP contribution in [-0.4, -0.2) is 55.8 Å². The molecule has 10 heteroatoms. The van der Waals surface area contributed by atoms with Crippen LogP contribution in [0.4, 0.5) is 0 Å². The maximum absolute atomic E-state index is 12.9. The van der Waals surface area contributed by atoms with E-state index < -0.39 is 26.5 Å². The van der Waals surface area contributed by atoms with Crippen LogP contribution in [0.3, 0.4) is 0 Å². The number of unbranched alkanes of at least 4 members (excludes halogenated alkanes) is 22. The molecule has 0 saturated heterocycles. The molecule has 1 aliphatic carbocycles. The molecule has 0 aliphatic heterocycles. The predicted octanol–water partition coefficient (Wildman–Crippen LogP) is 17.8. The van der Waals surface area contributed by atoms with E-state index in [2.05, 4.69) is 95.5 Å². The number of hydrogen-bond acceptors (Lipinski definition) is 8. The summed E-state index contributed by atoms with van der Waals surface area (Å²) in [5, 5.41) is 3.19. The van der Waals surface area contributed by atoms with Crippen molar-refractivity contribution in [1.82, 2.24) is 5.32 Å². The molecular weight excluding hydrogens is 906 g/mol. The normalized spacial score (nSPS) is 16.0. The Morgan fingerprint density at radius 2 is 1.18 bits per heavy atom. The van der Waals surface area contributed by atoms with Crippen LogP contribution >= 0.6 is 7.82 Å².